The lowest BCUT2D eigenvalue weighted by molar-refractivity contribution is 0.637. The van der Waals surface area contributed by atoms with Crippen molar-refractivity contribution in [3.8, 4) is 16.8 Å². The van der Waals surface area contributed by atoms with E-state index < -0.39 is 5.54 Å². The van der Waals surface area contributed by atoms with Gasteiger partial charge in [0.25, 0.3) is 5.54 Å². The van der Waals surface area contributed by atoms with Crippen LogP contribution in [-0.4, -0.2) is 29.1 Å². The highest BCUT2D eigenvalue weighted by atomic mass is 16.1. The molecule has 0 unspecified atom stereocenters. The Labute approximate surface area is 189 Å². The van der Waals surface area contributed by atoms with Gasteiger partial charge in [-0.15, -0.1) is 0 Å². The summed E-state index contributed by atoms with van der Waals surface area (Å²) in [5, 5.41) is 0.810. The lowest BCUT2D eigenvalue weighted by atomic mass is 10.0. The highest BCUT2D eigenvalue weighted by molar-refractivity contribution is 6.04. The molecule has 5 aromatic rings. The average molecular weight is 436 g/mol. The van der Waals surface area contributed by atoms with E-state index in [4.69, 9.17) is 12.3 Å². The van der Waals surface area contributed by atoms with Crippen molar-refractivity contribution in [1.82, 2.24) is 29.1 Å². The summed E-state index contributed by atoms with van der Waals surface area (Å²) in [5.41, 5.74) is 9.80. The molecule has 9 nitrogen and oxygen atoms in total. The van der Waals surface area contributed by atoms with Crippen molar-refractivity contribution < 1.29 is 0 Å². The Morgan fingerprint density at radius 2 is 1.73 bits per heavy atom. The van der Waals surface area contributed by atoms with Gasteiger partial charge in [-0.1, -0.05) is 6.07 Å². The summed E-state index contributed by atoms with van der Waals surface area (Å²) in [4.78, 5) is 34.1. The lowest BCUT2D eigenvalue weighted by Crippen LogP contribution is -2.21. The third-order valence-electron chi connectivity index (χ3n) is 5.80. The van der Waals surface area contributed by atoms with Gasteiger partial charge in [-0.25, -0.2) is 21.3 Å². The molecule has 0 amide bonds. The summed E-state index contributed by atoms with van der Waals surface area (Å²) in [6.07, 6.45) is 6.66. The van der Waals surface area contributed by atoms with E-state index in [1.165, 1.54) is 0 Å². The van der Waals surface area contributed by atoms with Crippen LogP contribution in [0, 0.1) is 6.57 Å². The molecule has 33 heavy (non-hydrogen) atoms. The van der Waals surface area contributed by atoms with E-state index in [0.29, 0.717) is 16.9 Å². The SMILES string of the molecule is [C-]#[N+]C(C)(C)c1ccc(-n2c(=O)n(C)c3cnc4ccc(-c5cnc(N)nc5)cc4c32)cn1. The zero-order chi connectivity index (χ0) is 23.3. The Morgan fingerprint density at radius 3 is 2.39 bits per heavy atom. The first-order valence-electron chi connectivity index (χ1n) is 10.2. The van der Waals surface area contributed by atoms with Crippen LogP contribution in [0.5, 0.6) is 0 Å². The van der Waals surface area contributed by atoms with Gasteiger partial charge in [0.15, 0.2) is 0 Å². The number of nitrogens with zero attached hydrogens (tertiary/aromatic N) is 7. The van der Waals surface area contributed by atoms with Crippen molar-refractivity contribution in [1.29, 1.82) is 0 Å². The molecule has 0 aliphatic rings. The first-order chi connectivity index (χ1) is 15.8. The van der Waals surface area contributed by atoms with Gasteiger partial charge in [0.1, 0.15) is 5.69 Å². The highest BCUT2D eigenvalue weighted by Crippen LogP contribution is 2.30. The lowest BCUT2D eigenvalue weighted by Gasteiger charge is -2.11. The maximum Gasteiger partial charge on any atom is 0.333 e. The molecule has 1 aromatic carbocycles. The van der Waals surface area contributed by atoms with E-state index in [0.717, 1.165) is 27.5 Å². The molecule has 0 atom stereocenters. The molecule has 0 saturated carbocycles. The van der Waals surface area contributed by atoms with Crippen molar-refractivity contribution in [3.63, 3.8) is 0 Å². The van der Waals surface area contributed by atoms with E-state index in [1.54, 1.807) is 47.0 Å². The van der Waals surface area contributed by atoms with Crippen molar-refractivity contribution >= 4 is 27.9 Å². The Kier molecular flexibility index (Phi) is 4.46. The minimum atomic E-state index is -0.741. The van der Waals surface area contributed by atoms with Gasteiger partial charge >= 0.3 is 5.69 Å². The number of pyridine rings is 2. The number of rotatable bonds is 3. The Bertz CT molecular complexity index is 1620. The molecule has 0 fully saturated rings. The third kappa shape index (κ3) is 3.20. The molecular formula is C24H20N8O. The fraction of sp³-hybridized carbons (Fsp3) is 0.167. The topological polar surface area (TPSA) is 109 Å². The first kappa shape index (κ1) is 20.3. The summed E-state index contributed by atoms with van der Waals surface area (Å²) in [6.45, 7) is 11.0. The summed E-state index contributed by atoms with van der Waals surface area (Å²) >= 11 is 0. The second-order valence-electron chi connectivity index (χ2n) is 8.30. The van der Waals surface area contributed by atoms with Crippen LogP contribution >= 0.6 is 0 Å². The summed E-state index contributed by atoms with van der Waals surface area (Å²) < 4.78 is 3.20. The predicted octanol–water partition coefficient (Wildman–Crippen LogP) is 3.47. The highest BCUT2D eigenvalue weighted by Gasteiger charge is 2.27. The van der Waals surface area contributed by atoms with Crippen LogP contribution in [0.4, 0.5) is 5.95 Å². The van der Waals surface area contributed by atoms with Gasteiger partial charge in [-0.05, 0) is 29.8 Å². The molecule has 0 saturated heterocycles. The van der Waals surface area contributed by atoms with Gasteiger partial charge in [-0.2, -0.15) is 0 Å². The number of nitrogens with two attached hydrogens (primary N) is 1. The van der Waals surface area contributed by atoms with Crippen LogP contribution in [-0.2, 0) is 12.6 Å². The van der Waals surface area contributed by atoms with Crippen LogP contribution in [0.25, 0.3) is 43.6 Å². The predicted molar refractivity (Wildman–Crippen MR) is 127 cm³/mol. The summed E-state index contributed by atoms with van der Waals surface area (Å²) in [5.74, 6) is 0.206. The number of benzene rings is 1. The quantitative estimate of drug-likeness (QED) is 0.434. The van der Waals surface area contributed by atoms with Crippen molar-refractivity contribution in [3.05, 3.63) is 82.7 Å². The second-order valence-corrected chi connectivity index (χ2v) is 8.30. The van der Waals surface area contributed by atoms with Crippen molar-refractivity contribution in [2.45, 2.75) is 19.4 Å². The monoisotopic (exact) mass is 436 g/mol. The number of aryl methyl sites for hydroxylation is 1. The molecule has 0 aliphatic carbocycles. The maximum absolute atomic E-state index is 13.3. The minimum Gasteiger partial charge on any atom is -0.368 e. The van der Waals surface area contributed by atoms with E-state index in [2.05, 4.69) is 24.8 Å². The number of hydrogen-bond donors (Lipinski definition) is 1. The van der Waals surface area contributed by atoms with E-state index in [-0.39, 0.29) is 11.6 Å². The largest absolute Gasteiger partial charge is 0.368 e. The molecule has 9 heteroatoms. The van der Waals surface area contributed by atoms with Crippen LogP contribution < -0.4 is 11.4 Å². The maximum atomic E-state index is 13.3. The number of hydrogen-bond acceptors (Lipinski definition) is 6. The zero-order valence-electron chi connectivity index (χ0n) is 18.3. The molecule has 2 N–H and O–H groups in total. The second kappa shape index (κ2) is 7.24. The van der Waals surface area contributed by atoms with Gasteiger partial charge in [0.05, 0.1) is 34.6 Å². The fourth-order valence-electron chi connectivity index (χ4n) is 3.84. The minimum absolute atomic E-state index is 0.206. The van der Waals surface area contributed by atoms with Gasteiger partial charge < -0.3 is 10.6 Å². The van der Waals surface area contributed by atoms with Gasteiger partial charge in [0, 0.05) is 44.2 Å². The number of aromatic nitrogens is 6. The van der Waals surface area contributed by atoms with Crippen LogP contribution in [0.1, 0.15) is 19.5 Å². The molecule has 0 aliphatic heterocycles. The van der Waals surface area contributed by atoms with Crippen molar-refractivity contribution in [2.75, 3.05) is 5.73 Å². The van der Waals surface area contributed by atoms with Crippen molar-refractivity contribution in [2.24, 2.45) is 7.05 Å². The number of imidazole rings is 1. The first-order valence-corrected chi connectivity index (χ1v) is 10.2. The van der Waals surface area contributed by atoms with Gasteiger partial charge in [-0.3, -0.25) is 19.1 Å². The van der Waals surface area contributed by atoms with E-state index in [1.807, 2.05) is 38.1 Å². The van der Waals surface area contributed by atoms with E-state index >= 15 is 0 Å². The molecule has 162 valence electrons. The van der Waals surface area contributed by atoms with Crippen LogP contribution in [0.2, 0.25) is 0 Å². The molecular weight excluding hydrogens is 416 g/mol. The fourth-order valence-corrected chi connectivity index (χ4v) is 3.84. The molecule has 0 bridgehead atoms. The van der Waals surface area contributed by atoms with Crippen LogP contribution in [0.15, 0.2) is 59.9 Å². The summed E-state index contributed by atoms with van der Waals surface area (Å²) in [6, 6.07) is 9.42. The Balaban J connectivity index is 1.78. The molecule has 0 radical (unpaired) electrons. The standard InChI is InChI=1S/C24H20N8O/c1-24(2,26-3)20-8-6-16(12-28-20)32-21-17-9-14(15-10-29-22(25)30-11-15)5-7-18(17)27-13-19(21)31(4)23(32)33/h5-13H,1-2,4H3,(H2,25,29,30). The normalized spacial score (nSPS) is 11.7. The molecule has 0 spiro atoms. The summed E-state index contributed by atoms with van der Waals surface area (Å²) in [7, 11) is 1.72. The smallest absolute Gasteiger partial charge is 0.333 e. The van der Waals surface area contributed by atoms with E-state index in [9.17, 15) is 4.79 Å². The zero-order valence-corrected chi connectivity index (χ0v) is 18.3. The third-order valence-corrected chi connectivity index (χ3v) is 5.80. The Morgan fingerprint density at radius 1 is 0.970 bits per heavy atom. The molecule has 4 heterocycles. The molecule has 5 rings (SSSR count). The molecule has 4 aromatic heterocycles. The number of fused-ring (bicyclic) bond motifs is 3. The Hall–Kier alpha value is -4.58. The number of nitrogen functional groups attached to an aromatic ring is 1. The van der Waals surface area contributed by atoms with Gasteiger partial charge in [0.2, 0.25) is 5.95 Å². The van der Waals surface area contributed by atoms with Crippen LogP contribution in [0.3, 0.4) is 0 Å². The average Bonchev–Trinajstić information content (AvgIpc) is 3.09. The number of anilines is 1.